The van der Waals surface area contributed by atoms with Crippen LogP contribution in [0.15, 0.2) is 34.9 Å². The molecule has 0 bridgehead atoms. The van der Waals surface area contributed by atoms with E-state index in [1.807, 2.05) is 24.3 Å². The molecule has 5 heteroatoms. The number of unbranched alkanes of at least 4 members (excludes halogenated alkanes) is 3. The second kappa shape index (κ2) is 8.22. The Kier molecular flexibility index (Phi) is 6.01. The van der Waals surface area contributed by atoms with E-state index in [2.05, 4.69) is 17.4 Å². The van der Waals surface area contributed by atoms with Crippen LogP contribution >= 0.6 is 0 Å². The van der Waals surface area contributed by atoms with Gasteiger partial charge in [-0.25, -0.2) is 0 Å². The average Bonchev–Trinajstić information content (AvgIpc) is 3.04. The second-order valence-electron chi connectivity index (χ2n) is 5.12. The second-order valence-corrected chi connectivity index (χ2v) is 5.12. The standard InChI is InChI=1S/C17H22N2O3/c1-3-4-5-6-11-18-17(20)16-12-15(19-22-16)13-7-9-14(21-2)10-8-13/h7-10,12H,3-6,11H2,1-2H3,(H,18,20). The molecule has 0 spiro atoms. The fraction of sp³-hybridized carbons (Fsp3) is 0.412. The molecule has 1 amide bonds. The zero-order valence-corrected chi connectivity index (χ0v) is 13.1. The van der Waals surface area contributed by atoms with Gasteiger partial charge >= 0.3 is 0 Å². The molecule has 1 aromatic carbocycles. The number of ether oxygens (including phenoxy) is 1. The molecule has 0 atom stereocenters. The number of nitrogens with zero attached hydrogens (tertiary/aromatic N) is 1. The van der Waals surface area contributed by atoms with Crippen LogP contribution in [0.2, 0.25) is 0 Å². The summed E-state index contributed by atoms with van der Waals surface area (Å²) in [6.07, 6.45) is 4.49. The van der Waals surface area contributed by atoms with Gasteiger partial charge in [0, 0.05) is 18.2 Å². The van der Waals surface area contributed by atoms with Gasteiger partial charge < -0.3 is 14.6 Å². The summed E-state index contributed by atoms with van der Waals surface area (Å²) in [5.41, 5.74) is 1.52. The summed E-state index contributed by atoms with van der Waals surface area (Å²) in [6, 6.07) is 9.10. The monoisotopic (exact) mass is 302 g/mol. The van der Waals surface area contributed by atoms with Crippen LogP contribution in [0, 0.1) is 0 Å². The Morgan fingerprint density at radius 2 is 2.00 bits per heavy atom. The average molecular weight is 302 g/mol. The van der Waals surface area contributed by atoms with Crippen molar-refractivity contribution in [1.29, 1.82) is 0 Å². The Morgan fingerprint density at radius 3 is 2.68 bits per heavy atom. The van der Waals surface area contributed by atoms with E-state index >= 15 is 0 Å². The molecule has 0 aliphatic carbocycles. The number of benzene rings is 1. The third-order valence-electron chi connectivity index (χ3n) is 3.44. The molecule has 0 aliphatic heterocycles. The maximum Gasteiger partial charge on any atom is 0.289 e. The van der Waals surface area contributed by atoms with Crippen molar-refractivity contribution in [3.05, 3.63) is 36.1 Å². The SMILES string of the molecule is CCCCCCNC(=O)c1cc(-c2ccc(OC)cc2)no1. The van der Waals surface area contributed by atoms with Crippen molar-refractivity contribution in [3.8, 4) is 17.0 Å². The number of rotatable bonds is 8. The minimum atomic E-state index is -0.219. The third kappa shape index (κ3) is 4.35. The van der Waals surface area contributed by atoms with Crippen LogP contribution in [0.3, 0.4) is 0 Å². The predicted octanol–water partition coefficient (Wildman–Crippen LogP) is 3.66. The lowest BCUT2D eigenvalue weighted by Crippen LogP contribution is -2.23. The first-order chi connectivity index (χ1) is 10.7. The number of aromatic nitrogens is 1. The van der Waals surface area contributed by atoms with Gasteiger partial charge in [-0.15, -0.1) is 0 Å². The van der Waals surface area contributed by atoms with Gasteiger partial charge in [0.05, 0.1) is 7.11 Å². The highest BCUT2D eigenvalue weighted by atomic mass is 16.5. The van der Waals surface area contributed by atoms with Gasteiger partial charge in [0.25, 0.3) is 5.91 Å². The lowest BCUT2D eigenvalue weighted by atomic mass is 10.1. The van der Waals surface area contributed by atoms with Crippen molar-refractivity contribution >= 4 is 5.91 Å². The summed E-state index contributed by atoms with van der Waals surface area (Å²) < 4.78 is 10.2. The molecule has 0 saturated heterocycles. The Bertz CT molecular complexity index is 590. The minimum Gasteiger partial charge on any atom is -0.497 e. The molecule has 0 saturated carbocycles. The Balaban J connectivity index is 1.91. The number of amides is 1. The molecular formula is C17H22N2O3. The lowest BCUT2D eigenvalue weighted by molar-refractivity contribution is 0.0916. The summed E-state index contributed by atoms with van der Waals surface area (Å²) in [5.74, 6) is 0.794. The Hall–Kier alpha value is -2.30. The molecule has 2 rings (SSSR count). The zero-order valence-electron chi connectivity index (χ0n) is 13.1. The van der Waals surface area contributed by atoms with Gasteiger partial charge in [-0.3, -0.25) is 4.79 Å². The van der Waals surface area contributed by atoms with Crippen molar-refractivity contribution in [3.63, 3.8) is 0 Å². The molecule has 1 aromatic heterocycles. The highest BCUT2D eigenvalue weighted by Crippen LogP contribution is 2.22. The first-order valence-electron chi connectivity index (χ1n) is 7.64. The fourth-order valence-electron chi connectivity index (χ4n) is 2.12. The van der Waals surface area contributed by atoms with Gasteiger partial charge in [-0.05, 0) is 30.7 Å². The van der Waals surface area contributed by atoms with Crippen molar-refractivity contribution in [1.82, 2.24) is 10.5 Å². The highest BCUT2D eigenvalue weighted by Gasteiger charge is 2.13. The van der Waals surface area contributed by atoms with E-state index in [9.17, 15) is 4.79 Å². The number of carbonyl (C=O) groups is 1. The third-order valence-corrected chi connectivity index (χ3v) is 3.44. The van der Waals surface area contributed by atoms with Crippen molar-refractivity contribution < 1.29 is 14.1 Å². The number of carbonyl (C=O) groups excluding carboxylic acids is 1. The molecule has 0 fully saturated rings. The molecule has 2 aromatic rings. The van der Waals surface area contributed by atoms with Gasteiger partial charge in [-0.1, -0.05) is 31.3 Å². The van der Waals surface area contributed by atoms with E-state index in [-0.39, 0.29) is 11.7 Å². The molecule has 22 heavy (non-hydrogen) atoms. The molecular weight excluding hydrogens is 280 g/mol. The minimum absolute atomic E-state index is 0.219. The van der Waals surface area contributed by atoms with Crippen LogP contribution < -0.4 is 10.1 Å². The van der Waals surface area contributed by atoms with E-state index in [1.165, 1.54) is 12.8 Å². The summed E-state index contributed by atoms with van der Waals surface area (Å²) in [7, 11) is 1.62. The van der Waals surface area contributed by atoms with Crippen LogP contribution in [-0.4, -0.2) is 24.7 Å². The van der Waals surface area contributed by atoms with Gasteiger partial charge in [0.1, 0.15) is 11.4 Å². The molecule has 0 unspecified atom stereocenters. The van der Waals surface area contributed by atoms with Crippen LogP contribution in [-0.2, 0) is 0 Å². The smallest absolute Gasteiger partial charge is 0.289 e. The van der Waals surface area contributed by atoms with E-state index in [0.717, 1.165) is 24.2 Å². The maximum absolute atomic E-state index is 12.0. The van der Waals surface area contributed by atoms with Crippen LogP contribution in [0.4, 0.5) is 0 Å². The van der Waals surface area contributed by atoms with Gasteiger partial charge in [0.15, 0.2) is 0 Å². The van der Waals surface area contributed by atoms with E-state index in [0.29, 0.717) is 12.2 Å². The van der Waals surface area contributed by atoms with E-state index in [1.54, 1.807) is 13.2 Å². The maximum atomic E-state index is 12.0. The largest absolute Gasteiger partial charge is 0.497 e. The van der Waals surface area contributed by atoms with Crippen LogP contribution in [0.5, 0.6) is 5.75 Å². The zero-order chi connectivity index (χ0) is 15.8. The molecule has 5 nitrogen and oxygen atoms in total. The lowest BCUT2D eigenvalue weighted by Gasteiger charge is -2.01. The van der Waals surface area contributed by atoms with E-state index < -0.39 is 0 Å². The summed E-state index contributed by atoms with van der Waals surface area (Å²) in [6.45, 7) is 2.82. The normalized spacial score (nSPS) is 10.5. The van der Waals surface area contributed by atoms with Crippen LogP contribution in [0.1, 0.15) is 43.2 Å². The molecule has 0 radical (unpaired) electrons. The predicted molar refractivity (Wildman–Crippen MR) is 85.0 cm³/mol. The first kappa shape index (κ1) is 16.1. The molecule has 0 aliphatic rings. The Labute approximate surface area is 130 Å². The van der Waals surface area contributed by atoms with Gasteiger partial charge in [0.2, 0.25) is 5.76 Å². The Morgan fingerprint density at radius 1 is 1.23 bits per heavy atom. The van der Waals surface area contributed by atoms with Gasteiger partial charge in [-0.2, -0.15) is 0 Å². The fourth-order valence-corrected chi connectivity index (χ4v) is 2.12. The summed E-state index contributed by atoms with van der Waals surface area (Å²) in [4.78, 5) is 12.0. The summed E-state index contributed by atoms with van der Waals surface area (Å²) in [5, 5.41) is 6.79. The summed E-state index contributed by atoms with van der Waals surface area (Å²) >= 11 is 0. The number of nitrogens with one attached hydrogen (secondary N) is 1. The topological polar surface area (TPSA) is 64.4 Å². The quantitative estimate of drug-likeness (QED) is 0.756. The molecule has 118 valence electrons. The highest BCUT2D eigenvalue weighted by molar-refractivity contribution is 5.92. The number of methoxy groups -OCH3 is 1. The molecule has 1 N–H and O–H groups in total. The van der Waals surface area contributed by atoms with E-state index in [4.69, 9.17) is 9.26 Å². The number of hydrogen-bond donors (Lipinski definition) is 1. The van der Waals surface area contributed by atoms with Crippen molar-refractivity contribution in [2.24, 2.45) is 0 Å². The van der Waals surface area contributed by atoms with Crippen LogP contribution in [0.25, 0.3) is 11.3 Å². The molecule has 1 heterocycles. The first-order valence-corrected chi connectivity index (χ1v) is 7.64. The van der Waals surface area contributed by atoms with Crippen molar-refractivity contribution in [2.45, 2.75) is 32.6 Å². The number of hydrogen-bond acceptors (Lipinski definition) is 4. The van der Waals surface area contributed by atoms with Crippen molar-refractivity contribution in [2.75, 3.05) is 13.7 Å².